The molecule has 17 heavy (non-hydrogen) atoms. The van der Waals surface area contributed by atoms with Crippen molar-refractivity contribution in [2.24, 2.45) is 0 Å². The largest absolute Gasteiger partial charge is 0.488 e. The number of halogens is 3. The van der Waals surface area contributed by atoms with Crippen molar-refractivity contribution in [3.05, 3.63) is 49.6 Å². The van der Waals surface area contributed by atoms with Crippen LogP contribution in [0.3, 0.4) is 0 Å². The summed E-state index contributed by atoms with van der Waals surface area (Å²) in [7, 11) is 0. The number of benzene rings is 1. The van der Waals surface area contributed by atoms with Crippen molar-refractivity contribution < 1.29 is 4.74 Å². The molecule has 0 saturated heterocycles. The Labute approximate surface area is 122 Å². The third-order valence-corrected chi connectivity index (χ3v) is 4.64. The quantitative estimate of drug-likeness (QED) is 0.662. The summed E-state index contributed by atoms with van der Waals surface area (Å²) < 4.78 is 6.82. The molecule has 90 valence electrons. The summed E-state index contributed by atoms with van der Waals surface area (Å²) in [6.45, 7) is 0.532. The molecular formula is C12H9BrCl2OS. The van der Waals surface area contributed by atoms with E-state index >= 15 is 0 Å². The molecule has 1 nitrogen and oxygen atoms in total. The minimum Gasteiger partial charge on any atom is -0.488 e. The van der Waals surface area contributed by atoms with Crippen LogP contribution in [0.1, 0.15) is 10.4 Å². The Morgan fingerprint density at radius 2 is 2.12 bits per heavy atom. The fourth-order valence-electron chi connectivity index (χ4n) is 1.36. The van der Waals surface area contributed by atoms with E-state index in [4.69, 9.17) is 27.9 Å². The minimum atomic E-state index is 0.390. The predicted octanol–water partition coefficient (Wildman–Crippen LogP) is 5.48. The molecule has 0 bridgehead atoms. The third-order valence-electron chi connectivity index (χ3n) is 2.22. The number of alkyl halides is 1. The highest BCUT2D eigenvalue weighted by atomic mass is 79.9. The van der Waals surface area contributed by atoms with Crippen LogP contribution in [0.15, 0.2) is 34.1 Å². The average molecular weight is 352 g/mol. The monoisotopic (exact) mass is 350 g/mol. The molecule has 0 unspecified atom stereocenters. The molecule has 1 heterocycles. The van der Waals surface area contributed by atoms with E-state index < -0.39 is 0 Å². The Hall–Kier alpha value is -0.220. The fourth-order valence-corrected chi connectivity index (χ4v) is 3.15. The molecule has 2 rings (SSSR count). The van der Waals surface area contributed by atoms with Gasteiger partial charge in [-0.05, 0) is 45.6 Å². The van der Waals surface area contributed by atoms with Crippen molar-refractivity contribution in [2.45, 2.75) is 12.5 Å². The van der Waals surface area contributed by atoms with Crippen LogP contribution in [0.25, 0.3) is 0 Å². The van der Waals surface area contributed by atoms with Crippen LogP contribution in [0, 0.1) is 0 Å². The van der Waals surface area contributed by atoms with Gasteiger partial charge < -0.3 is 4.74 Å². The predicted molar refractivity (Wildman–Crippen MR) is 77.4 cm³/mol. The molecule has 0 N–H and O–H groups in total. The first kappa shape index (κ1) is 13.2. The summed E-state index contributed by atoms with van der Waals surface area (Å²) in [4.78, 5) is 1.15. The number of rotatable bonds is 4. The number of hydrogen-bond donors (Lipinski definition) is 0. The van der Waals surface area contributed by atoms with Crippen LogP contribution < -0.4 is 4.74 Å². The van der Waals surface area contributed by atoms with Crippen molar-refractivity contribution in [2.75, 3.05) is 0 Å². The molecule has 0 spiro atoms. The summed E-state index contributed by atoms with van der Waals surface area (Å²) in [6, 6.07) is 7.49. The lowest BCUT2D eigenvalue weighted by Crippen LogP contribution is -1.96. The second-order valence-corrected chi connectivity index (χ2v) is 5.92. The van der Waals surface area contributed by atoms with Crippen molar-refractivity contribution in [3.63, 3.8) is 0 Å². The molecule has 5 heteroatoms. The highest BCUT2D eigenvalue weighted by Crippen LogP contribution is 2.28. The molecule has 0 aliphatic carbocycles. The van der Waals surface area contributed by atoms with E-state index in [0.717, 1.165) is 20.7 Å². The van der Waals surface area contributed by atoms with Crippen molar-refractivity contribution in [1.29, 1.82) is 0 Å². The Morgan fingerprint density at radius 1 is 1.29 bits per heavy atom. The van der Waals surface area contributed by atoms with Crippen molar-refractivity contribution in [3.8, 4) is 5.75 Å². The van der Waals surface area contributed by atoms with Crippen molar-refractivity contribution >= 4 is 50.5 Å². The van der Waals surface area contributed by atoms with E-state index in [1.165, 1.54) is 0 Å². The first-order valence-electron chi connectivity index (χ1n) is 4.90. The zero-order valence-electron chi connectivity index (χ0n) is 8.75. The summed E-state index contributed by atoms with van der Waals surface area (Å²) >= 11 is 16.9. The van der Waals surface area contributed by atoms with Crippen LogP contribution in [0.5, 0.6) is 5.75 Å². The van der Waals surface area contributed by atoms with Crippen molar-refractivity contribution in [1.82, 2.24) is 0 Å². The van der Waals surface area contributed by atoms with Gasteiger partial charge in [0.1, 0.15) is 12.4 Å². The van der Waals surface area contributed by atoms with Gasteiger partial charge in [-0.1, -0.05) is 11.6 Å². The van der Waals surface area contributed by atoms with Gasteiger partial charge in [-0.15, -0.1) is 22.9 Å². The Kier molecular flexibility index (Phi) is 4.74. The average Bonchev–Trinajstić information content (AvgIpc) is 2.73. The summed E-state index contributed by atoms with van der Waals surface area (Å²) in [5.74, 6) is 1.17. The number of ether oxygens (including phenoxy) is 1. The van der Waals surface area contributed by atoms with E-state index in [2.05, 4.69) is 15.9 Å². The van der Waals surface area contributed by atoms with Gasteiger partial charge in [0.25, 0.3) is 0 Å². The molecule has 1 aromatic carbocycles. The lowest BCUT2D eigenvalue weighted by atomic mass is 10.2. The van der Waals surface area contributed by atoms with E-state index in [1.807, 2.05) is 23.6 Å². The molecule has 0 aliphatic rings. The normalized spacial score (nSPS) is 10.5. The lowest BCUT2D eigenvalue weighted by molar-refractivity contribution is 0.307. The van der Waals surface area contributed by atoms with E-state index in [1.54, 1.807) is 17.4 Å². The van der Waals surface area contributed by atoms with E-state index in [9.17, 15) is 0 Å². The van der Waals surface area contributed by atoms with E-state index in [-0.39, 0.29) is 0 Å². The van der Waals surface area contributed by atoms with Crippen LogP contribution in [-0.2, 0) is 12.5 Å². The molecular weight excluding hydrogens is 343 g/mol. The van der Waals surface area contributed by atoms with Crippen LogP contribution in [0.2, 0.25) is 5.02 Å². The molecule has 2 aromatic rings. The van der Waals surface area contributed by atoms with Crippen LogP contribution in [0.4, 0.5) is 0 Å². The van der Waals surface area contributed by atoms with Gasteiger partial charge >= 0.3 is 0 Å². The van der Waals surface area contributed by atoms with Gasteiger partial charge in [-0.2, -0.15) is 0 Å². The topological polar surface area (TPSA) is 9.23 Å². The number of hydrogen-bond acceptors (Lipinski definition) is 2. The highest BCUT2D eigenvalue weighted by Gasteiger charge is 2.06. The summed E-state index contributed by atoms with van der Waals surface area (Å²) in [5.41, 5.74) is 0.909. The molecule has 0 atom stereocenters. The van der Waals surface area contributed by atoms with Gasteiger partial charge in [0.05, 0.1) is 10.8 Å². The second-order valence-electron chi connectivity index (χ2n) is 3.37. The SMILES string of the molecule is ClCc1cc(Cl)ccc1OCc1sccc1Br. The van der Waals surface area contributed by atoms with Gasteiger partial charge in [-0.3, -0.25) is 0 Å². The zero-order valence-corrected chi connectivity index (χ0v) is 12.7. The molecule has 1 aromatic heterocycles. The smallest absolute Gasteiger partial charge is 0.124 e. The maximum Gasteiger partial charge on any atom is 0.124 e. The van der Waals surface area contributed by atoms with Gasteiger partial charge in [-0.25, -0.2) is 0 Å². The second kappa shape index (κ2) is 6.10. The molecule has 0 aliphatic heterocycles. The Morgan fingerprint density at radius 3 is 2.76 bits per heavy atom. The molecule has 0 radical (unpaired) electrons. The van der Waals surface area contributed by atoms with Crippen LogP contribution in [-0.4, -0.2) is 0 Å². The standard InChI is InChI=1S/C12H9BrCl2OS/c13-10-3-4-17-12(10)7-16-11-2-1-9(15)5-8(11)6-14/h1-5H,6-7H2. The van der Waals surface area contributed by atoms with Crippen LogP contribution >= 0.6 is 50.5 Å². The molecule has 0 fully saturated rings. The molecule has 0 saturated carbocycles. The summed E-state index contributed by atoms with van der Waals surface area (Å²) in [5, 5.41) is 2.69. The summed E-state index contributed by atoms with van der Waals surface area (Å²) in [6.07, 6.45) is 0. The van der Waals surface area contributed by atoms with Gasteiger partial charge in [0.2, 0.25) is 0 Å². The number of thiophene rings is 1. The first-order valence-corrected chi connectivity index (χ1v) is 7.48. The van der Waals surface area contributed by atoms with Gasteiger partial charge in [0.15, 0.2) is 0 Å². The zero-order chi connectivity index (χ0) is 12.3. The van der Waals surface area contributed by atoms with E-state index in [0.29, 0.717) is 17.5 Å². The maximum atomic E-state index is 5.90. The Bertz CT molecular complexity index is 513. The Balaban J connectivity index is 2.11. The first-order chi connectivity index (χ1) is 8.20. The fraction of sp³-hybridized carbons (Fsp3) is 0.167. The molecule has 0 amide bonds. The van der Waals surface area contributed by atoms with Gasteiger partial charge in [0, 0.05) is 15.1 Å². The highest BCUT2D eigenvalue weighted by molar-refractivity contribution is 9.10. The third kappa shape index (κ3) is 3.38. The minimum absolute atomic E-state index is 0.390. The lowest BCUT2D eigenvalue weighted by Gasteiger charge is -2.09. The maximum absolute atomic E-state index is 5.90.